The SMILES string of the molecule is CN(C)/C=C1/C(=O)CC[C@H](NC(=O)OCc2ccccc2)CN1C(=O)OCc1ccccc1. The van der Waals surface area contributed by atoms with Crippen molar-refractivity contribution in [2.24, 2.45) is 0 Å². The Hall–Kier alpha value is -3.81. The number of likely N-dealkylation sites (tertiary alicyclic amines) is 1. The molecule has 8 heteroatoms. The molecular formula is C25H29N3O5. The maximum atomic E-state index is 13.0. The number of carbonyl (C=O) groups excluding carboxylic acids is 3. The summed E-state index contributed by atoms with van der Waals surface area (Å²) in [5, 5.41) is 2.78. The van der Waals surface area contributed by atoms with Gasteiger partial charge in [0.15, 0.2) is 5.78 Å². The van der Waals surface area contributed by atoms with Gasteiger partial charge in [-0.05, 0) is 17.5 Å². The van der Waals surface area contributed by atoms with Gasteiger partial charge in [0.05, 0.1) is 6.04 Å². The molecule has 8 nitrogen and oxygen atoms in total. The highest BCUT2D eigenvalue weighted by atomic mass is 16.6. The smallest absolute Gasteiger partial charge is 0.414 e. The average Bonchev–Trinajstić information content (AvgIpc) is 2.96. The van der Waals surface area contributed by atoms with Crippen LogP contribution in [-0.2, 0) is 27.5 Å². The molecule has 0 spiro atoms. The van der Waals surface area contributed by atoms with Crippen molar-refractivity contribution in [2.45, 2.75) is 32.1 Å². The molecule has 0 saturated carbocycles. The first-order chi connectivity index (χ1) is 15.9. The van der Waals surface area contributed by atoms with Gasteiger partial charge in [0.2, 0.25) is 0 Å². The van der Waals surface area contributed by atoms with Gasteiger partial charge in [0, 0.05) is 33.3 Å². The molecule has 1 N–H and O–H groups in total. The van der Waals surface area contributed by atoms with Crippen molar-refractivity contribution in [3.8, 4) is 0 Å². The van der Waals surface area contributed by atoms with E-state index in [0.29, 0.717) is 6.42 Å². The van der Waals surface area contributed by atoms with Crippen LogP contribution in [0.3, 0.4) is 0 Å². The van der Waals surface area contributed by atoms with Gasteiger partial charge in [-0.2, -0.15) is 0 Å². The molecule has 0 unspecified atom stereocenters. The number of alkyl carbamates (subject to hydrolysis) is 1. The van der Waals surface area contributed by atoms with Crippen LogP contribution in [0.2, 0.25) is 0 Å². The third kappa shape index (κ3) is 7.38. The van der Waals surface area contributed by atoms with E-state index in [2.05, 4.69) is 5.32 Å². The Morgan fingerprint density at radius 2 is 1.58 bits per heavy atom. The third-order valence-electron chi connectivity index (χ3n) is 5.04. The van der Waals surface area contributed by atoms with Crippen LogP contribution in [0.25, 0.3) is 0 Å². The predicted molar refractivity (Wildman–Crippen MR) is 123 cm³/mol. The summed E-state index contributed by atoms with van der Waals surface area (Å²) in [6.45, 7) is 0.309. The van der Waals surface area contributed by atoms with Crippen molar-refractivity contribution < 1.29 is 23.9 Å². The fourth-order valence-corrected chi connectivity index (χ4v) is 3.40. The Bertz CT molecular complexity index is 976. The molecule has 1 aliphatic heterocycles. The van der Waals surface area contributed by atoms with Gasteiger partial charge in [0.1, 0.15) is 18.9 Å². The molecule has 33 heavy (non-hydrogen) atoms. The summed E-state index contributed by atoms with van der Waals surface area (Å²) in [6, 6.07) is 18.2. The van der Waals surface area contributed by atoms with E-state index in [-0.39, 0.29) is 37.7 Å². The summed E-state index contributed by atoms with van der Waals surface area (Å²) in [5.41, 5.74) is 1.94. The zero-order valence-corrected chi connectivity index (χ0v) is 18.9. The molecule has 0 radical (unpaired) electrons. The summed E-state index contributed by atoms with van der Waals surface area (Å²) in [6.07, 6.45) is 0.918. The Labute approximate surface area is 193 Å². The van der Waals surface area contributed by atoms with Crippen LogP contribution in [0.4, 0.5) is 9.59 Å². The number of hydrogen-bond donors (Lipinski definition) is 1. The first-order valence-electron chi connectivity index (χ1n) is 10.8. The lowest BCUT2D eigenvalue weighted by Crippen LogP contribution is -2.44. The molecule has 2 aromatic rings. The molecule has 1 atom stereocenters. The number of ether oxygens (including phenoxy) is 2. The van der Waals surface area contributed by atoms with Crippen molar-refractivity contribution >= 4 is 18.0 Å². The first kappa shape index (κ1) is 23.8. The maximum Gasteiger partial charge on any atom is 0.414 e. The van der Waals surface area contributed by atoms with Gasteiger partial charge in [-0.15, -0.1) is 0 Å². The van der Waals surface area contributed by atoms with Crippen molar-refractivity contribution in [3.63, 3.8) is 0 Å². The molecular weight excluding hydrogens is 422 g/mol. The zero-order valence-electron chi connectivity index (χ0n) is 18.9. The lowest BCUT2D eigenvalue weighted by Gasteiger charge is -2.26. The van der Waals surface area contributed by atoms with E-state index in [4.69, 9.17) is 9.47 Å². The van der Waals surface area contributed by atoms with Crippen LogP contribution < -0.4 is 5.32 Å². The van der Waals surface area contributed by atoms with E-state index in [1.54, 1.807) is 25.2 Å². The van der Waals surface area contributed by atoms with E-state index < -0.39 is 18.2 Å². The second-order valence-electron chi connectivity index (χ2n) is 7.99. The minimum atomic E-state index is -0.647. The maximum absolute atomic E-state index is 13.0. The zero-order chi connectivity index (χ0) is 23.6. The number of allylic oxidation sites excluding steroid dienone is 1. The quantitative estimate of drug-likeness (QED) is 0.674. The number of ketones is 1. The number of amides is 2. The van der Waals surface area contributed by atoms with Gasteiger partial charge in [-0.3, -0.25) is 9.69 Å². The number of hydrogen-bond acceptors (Lipinski definition) is 6. The summed E-state index contributed by atoms with van der Waals surface area (Å²) >= 11 is 0. The summed E-state index contributed by atoms with van der Waals surface area (Å²) < 4.78 is 10.8. The highest BCUT2D eigenvalue weighted by Crippen LogP contribution is 2.20. The molecule has 2 aromatic carbocycles. The minimum absolute atomic E-state index is 0.0802. The van der Waals surface area contributed by atoms with Gasteiger partial charge < -0.3 is 19.7 Å². The molecule has 0 bridgehead atoms. The minimum Gasteiger partial charge on any atom is -0.445 e. The molecule has 1 heterocycles. The number of nitrogens with one attached hydrogen (secondary N) is 1. The normalized spacial score (nSPS) is 17.3. The van der Waals surface area contributed by atoms with Crippen LogP contribution in [-0.4, -0.2) is 54.5 Å². The second-order valence-corrected chi connectivity index (χ2v) is 7.99. The Balaban J connectivity index is 1.67. The van der Waals surface area contributed by atoms with Crippen LogP contribution in [0.15, 0.2) is 72.6 Å². The Kier molecular flexibility index (Phi) is 8.46. The number of rotatable bonds is 6. The molecule has 174 valence electrons. The largest absolute Gasteiger partial charge is 0.445 e. The summed E-state index contributed by atoms with van der Waals surface area (Å²) in [7, 11) is 3.55. The number of benzene rings is 2. The van der Waals surface area contributed by atoms with E-state index >= 15 is 0 Å². The average molecular weight is 452 g/mol. The number of Topliss-reactive ketones (excluding diaryl/α,β-unsaturated/α-hetero) is 1. The van der Waals surface area contributed by atoms with Crippen molar-refractivity contribution in [1.82, 2.24) is 15.1 Å². The lowest BCUT2D eigenvalue weighted by atomic mass is 10.1. The van der Waals surface area contributed by atoms with Crippen LogP contribution in [0, 0.1) is 0 Å². The number of carbonyl (C=O) groups is 3. The van der Waals surface area contributed by atoms with Crippen molar-refractivity contribution in [1.29, 1.82) is 0 Å². The van der Waals surface area contributed by atoms with Gasteiger partial charge >= 0.3 is 12.2 Å². The fraction of sp³-hybridized carbons (Fsp3) is 0.320. The molecule has 2 amide bonds. The van der Waals surface area contributed by atoms with Crippen LogP contribution in [0.1, 0.15) is 24.0 Å². The summed E-state index contributed by atoms with van der Waals surface area (Å²) in [4.78, 5) is 41.1. The van der Waals surface area contributed by atoms with Gasteiger partial charge in [0.25, 0.3) is 0 Å². The molecule has 1 saturated heterocycles. The van der Waals surface area contributed by atoms with Crippen LogP contribution in [0.5, 0.6) is 0 Å². The molecule has 1 aliphatic rings. The second kappa shape index (κ2) is 11.7. The fourth-order valence-electron chi connectivity index (χ4n) is 3.40. The predicted octanol–water partition coefficient (Wildman–Crippen LogP) is 3.69. The molecule has 0 aliphatic carbocycles. The molecule has 0 aromatic heterocycles. The Morgan fingerprint density at radius 3 is 2.15 bits per heavy atom. The number of nitrogens with zero attached hydrogens (tertiary/aromatic N) is 2. The lowest BCUT2D eigenvalue weighted by molar-refractivity contribution is -0.116. The van der Waals surface area contributed by atoms with Crippen LogP contribution >= 0.6 is 0 Å². The Morgan fingerprint density at radius 1 is 1.00 bits per heavy atom. The van der Waals surface area contributed by atoms with E-state index in [1.807, 2.05) is 60.7 Å². The van der Waals surface area contributed by atoms with Crippen molar-refractivity contribution in [3.05, 3.63) is 83.7 Å². The van der Waals surface area contributed by atoms with E-state index in [0.717, 1.165) is 11.1 Å². The highest BCUT2D eigenvalue weighted by Gasteiger charge is 2.32. The van der Waals surface area contributed by atoms with E-state index in [9.17, 15) is 14.4 Å². The topological polar surface area (TPSA) is 88.2 Å². The highest BCUT2D eigenvalue weighted by molar-refractivity contribution is 5.98. The molecule has 3 rings (SSSR count). The standard InChI is InChI=1S/C25H29N3O5/c1-27(2)16-22-23(29)14-13-21(26-24(30)32-17-19-9-5-3-6-10-19)15-28(22)25(31)33-18-20-11-7-4-8-12-20/h3-12,16,21H,13-15,17-18H2,1-2H3,(H,26,30)/b22-16-/t21-/m0/s1. The van der Waals surface area contributed by atoms with Gasteiger partial charge in [-0.25, -0.2) is 9.59 Å². The van der Waals surface area contributed by atoms with Crippen molar-refractivity contribution in [2.75, 3.05) is 20.6 Å². The van der Waals surface area contributed by atoms with Gasteiger partial charge in [-0.1, -0.05) is 60.7 Å². The van der Waals surface area contributed by atoms with E-state index in [1.165, 1.54) is 4.90 Å². The summed E-state index contributed by atoms with van der Waals surface area (Å²) in [5.74, 6) is -0.192. The third-order valence-corrected chi connectivity index (χ3v) is 5.04. The first-order valence-corrected chi connectivity index (χ1v) is 10.8. The monoisotopic (exact) mass is 451 g/mol. The molecule has 1 fully saturated rings.